The largest absolute Gasteiger partial charge is 0.324 e. The molecule has 1 heterocycles. The van der Waals surface area contributed by atoms with E-state index in [-0.39, 0.29) is 5.56 Å². The molecule has 0 aliphatic rings. The van der Waals surface area contributed by atoms with E-state index in [2.05, 4.69) is 31.2 Å². The van der Waals surface area contributed by atoms with Crippen LogP contribution in [0.15, 0.2) is 41.1 Å². The van der Waals surface area contributed by atoms with E-state index >= 15 is 0 Å². The van der Waals surface area contributed by atoms with Crippen LogP contribution in [0.3, 0.4) is 0 Å². The van der Waals surface area contributed by atoms with E-state index < -0.39 is 6.43 Å². The molecule has 3 nitrogen and oxygen atoms in total. The van der Waals surface area contributed by atoms with Crippen molar-refractivity contribution >= 4 is 27.6 Å². The summed E-state index contributed by atoms with van der Waals surface area (Å²) in [5.41, 5.74) is 0.497. The maximum atomic E-state index is 12.5. The lowest BCUT2D eigenvalue weighted by atomic mass is 10.2. The van der Waals surface area contributed by atoms with Crippen molar-refractivity contribution in [1.29, 1.82) is 0 Å². The van der Waals surface area contributed by atoms with Gasteiger partial charge in [-0.2, -0.15) is 0 Å². The summed E-state index contributed by atoms with van der Waals surface area (Å²) in [7, 11) is 0. The fourth-order valence-electron chi connectivity index (χ4n) is 1.26. The lowest BCUT2D eigenvalue weighted by molar-refractivity contribution is 0.151. The Labute approximate surface area is 105 Å². The van der Waals surface area contributed by atoms with Gasteiger partial charge in [0.1, 0.15) is 0 Å². The van der Waals surface area contributed by atoms with Crippen LogP contribution in [0.2, 0.25) is 0 Å². The molecule has 0 spiro atoms. The molecule has 2 aromatic rings. The molecule has 0 bridgehead atoms. The first-order chi connectivity index (χ1) is 8.15. The number of nitrogens with zero attached hydrogens (tertiary/aromatic N) is 2. The van der Waals surface area contributed by atoms with E-state index in [1.165, 1.54) is 12.1 Å². The third-order valence-corrected chi connectivity index (χ3v) is 2.42. The summed E-state index contributed by atoms with van der Waals surface area (Å²) >= 11 is 3.21. The third-order valence-electron chi connectivity index (χ3n) is 2.02. The summed E-state index contributed by atoms with van der Waals surface area (Å²) in [4.78, 5) is 7.98. The van der Waals surface area contributed by atoms with Crippen molar-refractivity contribution in [1.82, 2.24) is 9.97 Å². The Hall–Kier alpha value is -1.56. The number of rotatable bonds is 3. The Kier molecular flexibility index (Phi) is 3.63. The molecule has 0 saturated carbocycles. The van der Waals surface area contributed by atoms with Crippen molar-refractivity contribution in [2.75, 3.05) is 5.32 Å². The van der Waals surface area contributed by atoms with Crippen LogP contribution in [-0.2, 0) is 0 Å². The minimum Gasteiger partial charge on any atom is -0.324 e. The van der Waals surface area contributed by atoms with Crippen LogP contribution in [0.1, 0.15) is 12.0 Å². The molecule has 0 atom stereocenters. The van der Waals surface area contributed by atoms with Gasteiger partial charge in [-0.3, -0.25) is 0 Å². The lowest BCUT2D eigenvalue weighted by Gasteiger charge is -2.06. The van der Waals surface area contributed by atoms with Crippen LogP contribution in [0, 0.1) is 0 Å². The van der Waals surface area contributed by atoms with Gasteiger partial charge in [-0.1, -0.05) is 12.1 Å². The molecule has 0 saturated heterocycles. The van der Waals surface area contributed by atoms with Crippen LogP contribution in [-0.4, -0.2) is 9.97 Å². The second-order valence-electron chi connectivity index (χ2n) is 3.28. The number of hydrogen-bond acceptors (Lipinski definition) is 3. The average molecular weight is 300 g/mol. The quantitative estimate of drug-likeness (QED) is 0.933. The number of aromatic nitrogens is 2. The number of nitrogens with one attached hydrogen (secondary N) is 1. The fraction of sp³-hybridized carbons (Fsp3) is 0.0909. The Balaban J connectivity index is 2.18. The molecule has 0 radical (unpaired) electrons. The van der Waals surface area contributed by atoms with Gasteiger partial charge in [0.25, 0.3) is 6.43 Å². The van der Waals surface area contributed by atoms with Crippen molar-refractivity contribution in [2.24, 2.45) is 0 Å². The van der Waals surface area contributed by atoms with E-state index in [0.717, 1.165) is 4.47 Å². The van der Waals surface area contributed by atoms with Gasteiger partial charge in [-0.05, 0) is 28.1 Å². The zero-order valence-corrected chi connectivity index (χ0v) is 10.2. The molecule has 0 aliphatic heterocycles. The highest BCUT2D eigenvalue weighted by Gasteiger charge is 2.07. The molecule has 1 N–H and O–H groups in total. The smallest absolute Gasteiger partial charge is 0.263 e. The summed E-state index contributed by atoms with van der Waals surface area (Å²) in [6.45, 7) is 0. The fourth-order valence-corrected chi connectivity index (χ4v) is 1.46. The topological polar surface area (TPSA) is 37.8 Å². The van der Waals surface area contributed by atoms with E-state index in [1.54, 1.807) is 24.5 Å². The highest BCUT2D eigenvalue weighted by Crippen LogP contribution is 2.23. The van der Waals surface area contributed by atoms with Gasteiger partial charge in [0, 0.05) is 23.6 Å². The maximum absolute atomic E-state index is 12.5. The SMILES string of the molecule is FC(F)c1cccc(Nc2ncc(Br)cn2)c1. The second-order valence-corrected chi connectivity index (χ2v) is 4.19. The van der Waals surface area contributed by atoms with Gasteiger partial charge in [0.05, 0.1) is 4.47 Å². The number of anilines is 2. The molecule has 17 heavy (non-hydrogen) atoms. The van der Waals surface area contributed by atoms with E-state index in [1.807, 2.05) is 0 Å². The van der Waals surface area contributed by atoms with Crippen LogP contribution in [0.5, 0.6) is 0 Å². The van der Waals surface area contributed by atoms with Gasteiger partial charge >= 0.3 is 0 Å². The van der Waals surface area contributed by atoms with Gasteiger partial charge in [0.15, 0.2) is 0 Å². The lowest BCUT2D eigenvalue weighted by Crippen LogP contribution is -1.97. The molecule has 0 unspecified atom stereocenters. The maximum Gasteiger partial charge on any atom is 0.263 e. The van der Waals surface area contributed by atoms with E-state index in [0.29, 0.717) is 11.6 Å². The molecule has 0 aliphatic carbocycles. The molecular weight excluding hydrogens is 292 g/mol. The van der Waals surface area contributed by atoms with Crippen LogP contribution in [0.25, 0.3) is 0 Å². The monoisotopic (exact) mass is 299 g/mol. The minimum atomic E-state index is -2.48. The number of hydrogen-bond donors (Lipinski definition) is 1. The first-order valence-corrected chi connectivity index (χ1v) is 5.57. The summed E-state index contributed by atoms with van der Waals surface area (Å²) in [5.74, 6) is 0.361. The van der Waals surface area contributed by atoms with Gasteiger partial charge in [0.2, 0.25) is 5.95 Å². The summed E-state index contributed by atoms with van der Waals surface area (Å²) in [6, 6.07) is 5.98. The number of alkyl halides is 2. The predicted molar refractivity (Wildman–Crippen MR) is 64.4 cm³/mol. The normalized spacial score (nSPS) is 10.6. The van der Waals surface area contributed by atoms with E-state index in [9.17, 15) is 8.78 Å². The van der Waals surface area contributed by atoms with Crippen molar-refractivity contribution in [3.63, 3.8) is 0 Å². The molecule has 1 aromatic heterocycles. The van der Waals surface area contributed by atoms with Crippen LogP contribution in [0.4, 0.5) is 20.4 Å². The molecule has 0 amide bonds. The van der Waals surface area contributed by atoms with Crippen LogP contribution < -0.4 is 5.32 Å². The molecule has 88 valence electrons. The minimum absolute atomic E-state index is 0.0351. The second kappa shape index (κ2) is 5.18. The van der Waals surface area contributed by atoms with Gasteiger partial charge in [-0.15, -0.1) is 0 Å². The van der Waals surface area contributed by atoms with Gasteiger partial charge < -0.3 is 5.32 Å². The van der Waals surface area contributed by atoms with Crippen molar-refractivity contribution in [2.45, 2.75) is 6.43 Å². The third kappa shape index (κ3) is 3.20. The first-order valence-electron chi connectivity index (χ1n) is 4.78. The highest BCUT2D eigenvalue weighted by atomic mass is 79.9. The average Bonchev–Trinajstić information content (AvgIpc) is 2.32. The molecule has 6 heteroatoms. The van der Waals surface area contributed by atoms with Crippen molar-refractivity contribution in [3.8, 4) is 0 Å². The molecule has 0 fully saturated rings. The summed E-state index contributed by atoms with van der Waals surface area (Å²) in [6.07, 6.45) is 0.668. The van der Waals surface area contributed by atoms with Crippen LogP contribution >= 0.6 is 15.9 Å². The Bertz CT molecular complexity index is 502. The summed E-state index contributed by atoms with van der Waals surface area (Å²) in [5, 5.41) is 2.85. The zero-order chi connectivity index (χ0) is 12.3. The first kappa shape index (κ1) is 11.9. The number of halogens is 3. The predicted octanol–water partition coefficient (Wildman–Crippen LogP) is 3.92. The molecular formula is C11H8BrF2N3. The van der Waals surface area contributed by atoms with Crippen molar-refractivity contribution in [3.05, 3.63) is 46.7 Å². The highest BCUT2D eigenvalue weighted by molar-refractivity contribution is 9.10. The number of benzene rings is 1. The summed E-state index contributed by atoms with van der Waals surface area (Å²) < 4.78 is 25.7. The Morgan fingerprint density at radius 2 is 1.88 bits per heavy atom. The standard InChI is InChI=1S/C11H8BrF2N3/c12-8-5-15-11(16-6-8)17-9-3-1-2-7(4-9)10(13)14/h1-6,10H,(H,15,16,17). The van der Waals surface area contributed by atoms with Gasteiger partial charge in [-0.25, -0.2) is 18.7 Å². The molecule has 2 rings (SSSR count). The Morgan fingerprint density at radius 1 is 1.18 bits per heavy atom. The Morgan fingerprint density at radius 3 is 2.53 bits per heavy atom. The zero-order valence-electron chi connectivity index (χ0n) is 8.57. The van der Waals surface area contributed by atoms with E-state index in [4.69, 9.17) is 0 Å². The molecule has 1 aromatic carbocycles. The van der Waals surface area contributed by atoms with Crippen molar-refractivity contribution < 1.29 is 8.78 Å².